The normalized spacial score (nSPS) is 11.6. The molecule has 0 saturated carbocycles. The molecule has 0 bridgehead atoms. The van der Waals surface area contributed by atoms with Crippen LogP contribution in [0.5, 0.6) is 0 Å². The van der Waals surface area contributed by atoms with E-state index in [1.165, 1.54) is 10.4 Å². The van der Waals surface area contributed by atoms with Gasteiger partial charge in [-0.25, -0.2) is 0 Å². The third-order valence-corrected chi connectivity index (χ3v) is 8.95. The molecule has 0 spiro atoms. The molecular weight excluding hydrogens is 348 g/mol. The number of rotatable bonds is 4. The van der Waals surface area contributed by atoms with Crippen molar-refractivity contribution in [2.45, 2.75) is 13.1 Å². The number of carbonyl (C=O) groups is 2. The highest BCUT2D eigenvalue weighted by molar-refractivity contribution is 7.00. The molecule has 0 fully saturated rings. The monoisotopic (exact) mass is 368 g/mol. The fraction of sp³-hybridized carbons (Fsp3) is 0.0833. The van der Waals surface area contributed by atoms with E-state index >= 15 is 0 Å². The van der Waals surface area contributed by atoms with E-state index in [4.69, 9.17) is 0 Å². The topological polar surface area (TPSA) is 34.1 Å². The van der Waals surface area contributed by atoms with Crippen LogP contribution < -0.4 is 10.4 Å². The van der Waals surface area contributed by atoms with E-state index in [2.05, 4.69) is 49.5 Å². The standard InChI is InChI=1S/C24H20O2Si/c1-27(2,23-9-7-19-11-17(15-25)3-5-21(19)13-23)24-10-8-20-12-18(16-26)4-6-22(20)14-24/h3-16H,1-2H3. The third kappa shape index (κ3) is 3.11. The molecule has 0 N–H and O–H groups in total. The molecule has 4 aromatic carbocycles. The molecule has 0 amide bonds. The van der Waals surface area contributed by atoms with E-state index in [0.29, 0.717) is 11.1 Å². The maximum absolute atomic E-state index is 11.0. The Morgan fingerprint density at radius 1 is 0.556 bits per heavy atom. The maximum atomic E-state index is 11.0. The van der Waals surface area contributed by atoms with Crippen LogP contribution >= 0.6 is 0 Å². The van der Waals surface area contributed by atoms with Gasteiger partial charge in [-0.3, -0.25) is 9.59 Å². The lowest BCUT2D eigenvalue weighted by Gasteiger charge is -2.24. The van der Waals surface area contributed by atoms with Gasteiger partial charge in [0.2, 0.25) is 0 Å². The predicted octanol–water partition coefficient (Wildman–Crippen LogP) is 4.44. The van der Waals surface area contributed by atoms with E-state index in [0.717, 1.165) is 34.1 Å². The van der Waals surface area contributed by atoms with Crippen molar-refractivity contribution in [1.82, 2.24) is 0 Å². The molecule has 4 aromatic rings. The number of hydrogen-bond acceptors (Lipinski definition) is 2. The number of carbonyl (C=O) groups excluding carboxylic acids is 2. The number of benzene rings is 4. The zero-order valence-corrected chi connectivity index (χ0v) is 16.4. The third-order valence-electron chi connectivity index (χ3n) is 5.44. The van der Waals surface area contributed by atoms with Crippen LogP contribution in [0.1, 0.15) is 20.7 Å². The molecule has 0 aliphatic rings. The molecule has 4 rings (SSSR count). The van der Waals surface area contributed by atoms with Gasteiger partial charge in [0.25, 0.3) is 0 Å². The van der Waals surface area contributed by atoms with Gasteiger partial charge in [0.1, 0.15) is 20.6 Å². The number of fused-ring (bicyclic) bond motifs is 2. The van der Waals surface area contributed by atoms with Crippen LogP contribution in [-0.2, 0) is 0 Å². The Labute approximate surface area is 159 Å². The summed E-state index contributed by atoms with van der Waals surface area (Å²) in [5.41, 5.74) is 1.41. The lowest BCUT2D eigenvalue weighted by molar-refractivity contribution is 0.111. The van der Waals surface area contributed by atoms with Crippen molar-refractivity contribution in [3.05, 3.63) is 83.9 Å². The number of aldehydes is 2. The van der Waals surface area contributed by atoms with Crippen LogP contribution in [0.15, 0.2) is 72.8 Å². The van der Waals surface area contributed by atoms with Crippen LogP contribution in [-0.4, -0.2) is 20.6 Å². The average Bonchev–Trinajstić information content (AvgIpc) is 2.72. The minimum Gasteiger partial charge on any atom is -0.298 e. The van der Waals surface area contributed by atoms with Gasteiger partial charge in [-0.1, -0.05) is 84.1 Å². The van der Waals surface area contributed by atoms with Crippen LogP contribution in [0.2, 0.25) is 13.1 Å². The van der Waals surface area contributed by atoms with E-state index < -0.39 is 8.07 Å². The van der Waals surface area contributed by atoms with Crippen molar-refractivity contribution in [3.63, 3.8) is 0 Å². The fourth-order valence-electron chi connectivity index (χ4n) is 3.62. The van der Waals surface area contributed by atoms with E-state index in [-0.39, 0.29) is 0 Å². The second kappa shape index (κ2) is 6.60. The summed E-state index contributed by atoms with van der Waals surface area (Å²) in [4.78, 5) is 22.0. The minimum absolute atomic E-state index is 0.705. The molecule has 0 aromatic heterocycles. The quantitative estimate of drug-likeness (QED) is 0.394. The van der Waals surface area contributed by atoms with Crippen LogP contribution in [0.4, 0.5) is 0 Å². The molecule has 0 saturated heterocycles. The molecule has 0 aliphatic heterocycles. The summed E-state index contributed by atoms with van der Waals surface area (Å²) in [6.07, 6.45) is 1.77. The summed E-state index contributed by atoms with van der Waals surface area (Å²) >= 11 is 0. The van der Waals surface area contributed by atoms with E-state index in [1.54, 1.807) is 0 Å². The van der Waals surface area contributed by atoms with Gasteiger partial charge >= 0.3 is 0 Å². The van der Waals surface area contributed by atoms with E-state index in [1.807, 2.05) is 36.4 Å². The Morgan fingerprint density at radius 2 is 0.926 bits per heavy atom. The first kappa shape index (κ1) is 17.4. The highest BCUT2D eigenvalue weighted by Gasteiger charge is 2.26. The average molecular weight is 369 g/mol. The summed E-state index contributed by atoms with van der Waals surface area (Å²) in [6, 6.07) is 24.8. The maximum Gasteiger partial charge on any atom is 0.150 e. The predicted molar refractivity (Wildman–Crippen MR) is 115 cm³/mol. The van der Waals surface area contributed by atoms with Crippen molar-refractivity contribution >= 4 is 52.6 Å². The first-order valence-corrected chi connectivity index (χ1v) is 12.0. The van der Waals surface area contributed by atoms with E-state index in [9.17, 15) is 9.59 Å². The Balaban J connectivity index is 1.79. The molecular formula is C24H20O2Si. The Morgan fingerprint density at radius 3 is 1.33 bits per heavy atom. The van der Waals surface area contributed by atoms with Crippen LogP contribution in [0.3, 0.4) is 0 Å². The van der Waals surface area contributed by atoms with Gasteiger partial charge in [-0.15, -0.1) is 0 Å². The smallest absolute Gasteiger partial charge is 0.150 e. The second-order valence-electron chi connectivity index (χ2n) is 7.50. The van der Waals surface area contributed by atoms with Crippen LogP contribution in [0.25, 0.3) is 21.5 Å². The molecule has 0 radical (unpaired) electrons. The van der Waals surface area contributed by atoms with Crippen molar-refractivity contribution in [2.24, 2.45) is 0 Å². The summed E-state index contributed by atoms with van der Waals surface area (Å²) in [6.45, 7) is 4.71. The Kier molecular flexibility index (Phi) is 4.25. The Bertz CT molecular complexity index is 1100. The summed E-state index contributed by atoms with van der Waals surface area (Å²) in [5.74, 6) is 0. The van der Waals surface area contributed by atoms with Crippen molar-refractivity contribution < 1.29 is 9.59 Å². The first-order valence-electron chi connectivity index (χ1n) is 9.00. The number of hydrogen-bond donors (Lipinski definition) is 0. The second-order valence-corrected chi connectivity index (χ2v) is 11.9. The molecule has 27 heavy (non-hydrogen) atoms. The zero-order valence-electron chi connectivity index (χ0n) is 15.4. The summed E-state index contributed by atoms with van der Waals surface area (Å²) < 4.78 is 0. The molecule has 2 nitrogen and oxygen atoms in total. The van der Waals surface area contributed by atoms with Gasteiger partial charge < -0.3 is 0 Å². The van der Waals surface area contributed by atoms with Crippen molar-refractivity contribution in [2.75, 3.05) is 0 Å². The zero-order chi connectivity index (χ0) is 19.0. The lowest BCUT2D eigenvalue weighted by Crippen LogP contribution is -2.52. The van der Waals surface area contributed by atoms with Gasteiger partial charge in [-0.05, 0) is 33.7 Å². The molecule has 0 atom stereocenters. The van der Waals surface area contributed by atoms with Gasteiger partial charge in [0.05, 0.1) is 0 Å². The summed E-state index contributed by atoms with van der Waals surface area (Å²) in [5, 5.41) is 7.22. The first-order chi connectivity index (χ1) is 13.0. The van der Waals surface area contributed by atoms with Crippen LogP contribution in [0, 0.1) is 0 Å². The van der Waals surface area contributed by atoms with Crippen molar-refractivity contribution in [3.8, 4) is 0 Å². The molecule has 0 aliphatic carbocycles. The minimum atomic E-state index is -1.87. The summed E-state index contributed by atoms with van der Waals surface area (Å²) in [7, 11) is -1.87. The molecule has 0 heterocycles. The van der Waals surface area contributed by atoms with Gasteiger partial charge in [0.15, 0.2) is 0 Å². The van der Waals surface area contributed by atoms with Gasteiger partial charge in [0, 0.05) is 11.1 Å². The highest BCUT2D eigenvalue weighted by atomic mass is 28.3. The molecule has 3 heteroatoms. The fourth-order valence-corrected chi connectivity index (χ4v) is 5.99. The SMILES string of the molecule is C[Si](C)(c1ccc2cc(C=O)ccc2c1)c1ccc2cc(C=O)ccc2c1. The van der Waals surface area contributed by atoms with Gasteiger partial charge in [-0.2, -0.15) is 0 Å². The molecule has 132 valence electrons. The Hall–Kier alpha value is -3.04. The molecule has 0 unspecified atom stereocenters. The van der Waals surface area contributed by atoms with Crippen molar-refractivity contribution in [1.29, 1.82) is 0 Å². The lowest BCUT2D eigenvalue weighted by atomic mass is 10.1. The highest BCUT2D eigenvalue weighted by Crippen LogP contribution is 2.19. The largest absolute Gasteiger partial charge is 0.298 e.